The summed E-state index contributed by atoms with van der Waals surface area (Å²) in [5, 5.41) is 3.31. The third-order valence-electron chi connectivity index (χ3n) is 4.46. The van der Waals surface area contributed by atoms with Crippen LogP contribution in [0, 0.1) is 5.92 Å². The number of carbonyl (C=O) groups is 1. The van der Waals surface area contributed by atoms with Gasteiger partial charge in [-0.05, 0) is 12.3 Å². The van der Waals surface area contributed by atoms with E-state index in [9.17, 15) is 4.79 Å². The molecule has 1 fully saturated rings. The van der Waals surface area contributed by atoms with Gasteiger partial charge in [-0.3, -0.25) is 9.79 Å². The molecule has 0 saturated carbocycles. The van der Waals surface area contributed by atoms with E-state index < -0.39 is 0 Å². The molecule has 1 aliphatic heterocycles. The molecule has 2 unspecified atom stereocenters. The van der Waals surface area contributed by atoms with Crippen LogP contribution in [0.2, 0.25) is 0 Å². The van der Waals surface area contributed by atoms with Crippen LogP contribution in [0.4, 0.5) is 0 Å². The number of amides is 1. The first-order valence-corrected chi connectivity index (χ1v) is 8.16. The van der Waals surface area contributed by atoms with Crippen molar-refractivity contribution in [1.82, 2.24) is 24.7 Å². The van der Waals surface area contributed by atoms with Crippen molar-refractivity contribution in [2.45, 2.75) is 25.8 Å². The summed E-state index contributed by atoms with van der Waals surface area (Å²) in [4.78, 5) is 24.1. The summed E-state index contributed by atoms with van der Waals surface area (Å²) in [5.74, 6) is 1.60. The van der Waals surface area contributed by atoms with Gasteiger partial charge in [0.2, 0.25) is 5.91 Å². The second kappa shape index (κ2) is 7.99. The van der Waals surface area contributed by atoms with Crippen LogP contribution in [0.15, 0.2) is 23.7 Å². The number of imidazole rings is 1. The maximum Gasteiger partial charge on any atom is 0.223 e. The third-order valence-corrected chi connectivity index (χ3v) is 4.46. The van der Waals surface area contributed by atoms with Crippen molar-refractivity contribution in [3.8, 4) is 0 Å². The van der Waals surface area contributed by atoms with Gasteiger partial charge in [0.15, 0.2) is 5.96 Å². The molecule has 1 aromatic rings. The quantitative estimate of drug-likeness (QED) is 0.659. The number of hydrogen-bond donors (Lipinski definition) is 1. The van der Waals surface area contributed by atoms with Crippen molar-refractivity contribution in [3.05, 3.63) is 18.7 Å². The minimum Gasteiger partial charge on any atom is -0.356 e. The predicted octanol–water partition coefficient (Wildman–Crippen LogP) is 0.820. The van der Waals surface area contributed by atoms with Crippen LogP contribution in [0.25, 0.3) is 0 Å². The number of aliphatic imine (C=N–C) groups is 1. The van der Waals surface area contributed by atoms with Crippen LogP contribution in [-0.4, -0.2) is 72.0 Å². The smallest absolute Gasteiger partial charge is 0.223 e. The predicted molar refractivity (Wildman–Crippen MR) is 91.3 cm³/mol. The van der Waals surface area contributed by atoms with E-state index in [1.54, 1.807) is 26.0 Å². The number of hydrogen-bond acceptors (Lipinski definition) is 3. The van der Waals surface area contributed by atoms with Crippen LogP contribution in [0.3, 0.4) is 0 Å². The van der Waals surface area contributed by atoms with Gasteiger partial charge in [-0.2, -0.15) is 0 Å². The van der Waals surface area contributed by atoms with E-state index in [1.807, 2.05) is 18.7 Å². The van der Waals surface area contributed by atoms with Gasteiger partial charge in [-0.25, -0.2) is 4.98 Å². The number of rotatable bonds is 4. The molecule has 1 aliphatic rings. The lowest BCUT2D eigenvalue weighted by Crippen LogP contribution is -2.49. The molecule has 23 heavy (non-hydrogen) atoms. The van der Waals surface area contributed by atoms with Gasteiger partial charge in [0.1, 0.15) is 0 Å². The lowest BCUT2D eigenvalue weighted by atomic mass is 9.93. The van der Waals surface area contributed by atoms with E-state index >= 15 is 0 Å². The number of aromatic nitrogens is 2. The molecule has 2 atom stereocenters. The SMILES string of the molecule is CN=C(NCCC(=O)N(C)C)N1CCC(C)C(n2ccnc2)C1. The first-order valence-electron chi connectivity index (χ1n) is 8.16. The minimum absolute atomic E-state index is 0.122. The van der Waals surface area contributed by atoms with E-state index in [1.165, 1.54) is 0 Å². The van der Waals surface area contributed by atoms with Gasteiger partial charge in [-0.1, -0.05) is 6.92 Å². The lowest BCUT2D eigenvalue weighted by Gasteiger charge is -2.39. The van der Waals surface area contributed by atoms with Crippen molar-refractivity contribution < 1.29 is 4.79 Å². The van der Waals surface area contributed by atoms with E-state index in [2.05, 4.69) is 31.7 Å². The van der Waals surface area contributed by atoms with Gasteiger partial charge in [0.25, 0.3) is 0 Å². The standard InChI is InChI=1S/C16H28N6O/c1-13-6-9-21(11-14(13)22-10-8-18-12-22)16(17-2)19-7-5-15(23)20(3)4/h8,10,12-14H,5-7,9,11H2,1-4H3,(H,17,19). The second-order valence-corrected chi connectivity index (χ2v) is 6.30. The molecule has 1 saturated heterocycles. The Kier molecular flexibility index (Phi) is 6.01. The normalized spacial score (nSPS) is 22.1. The van der Waals surface area contributed by atoms with Gasteiger partial charge < -0.3 is 19.7 Å². The average molecular weight is 320 g/mol. The summed E-state index contributed by atoms with van der Waals surface area (Å²) >= 11 is 0. The molecule has 0 aliphatic carbocycles. The molecule has 7 nitrogen and oxygen atoms in total. The third kappa shape index (κ3) is 4.46. The van der Waals surface area contributed by atoms with Crippen molar-refractivity contribution in [1.29, 1.82) is 0 Å². The van der Waals surface area contributed by atoms with Crippen LogP contribution >= 0.6 is 0 Å². The van der Waals surface area contributed by atoms with Crippen LogP contribution in [-0.2, 0) is 4.79 Å². The second-order valence-electron chi connectivity index (χ2n) is 6.30. The van der Waals surface area contributed by atoms with Crippen molar-refractivity contribution >= 4 is 11.9 Å². The van der Waals surface area contributed by atoms with Gasteiger partial charge in [0.05, 0.1) is 12.4 Å². The Morgan fingerprint density at radius 1 is 1.48 bits per heavy atom. The molecule has 1 N–H and O–H groups in total. The largest absolute Gasteiger partial charge is 0.356 e. The summed E-state index contributed by atoms with van der Waals surface area (Å²) in [5.41, 5.74) is 0. The number of likely N-dealkylation sites (tertiary alicyclic amines) is 1. The monoisotopic (exact) mass is 320 g/mol. The van der Waals surface area contributed by atoms with Crippen molar-refractivity contribution in [3.63, 3.8) is 0 Å². The maximum atomic E-state index is 11.7. The molecule has 2 rings (SSSR count). The number of nitrogens with one attached hydrogen (secondary N) is 1. The molecule has 0 bridgehead atoms. The number of nitrogens with zero attached hydrogens (tertiary/aromatic N) is 5. The van der Waals surface area contributed by atoms with Gasteiger partial charge >= 0.3 is 0 Å². The highest BCUT2D eigenvalue weighted by molar-refractivity contribution is 5.81. The Balaban J connectivity index is 1.92. The van der Waals surface area contributed by atoms with Crippen molar-refractivity contribution in [2.24, 2.45) is 10.9 Å². The summed E-state index contributed by atoms with van der Waals surface area (Å²) in [6, 6.07) is 0.396. The maximum absolute atomic E-state index is 11.7. The Bertz CT molecular complexity index is 525. The Hall–Kier alpha value is -2.05. The molecule has 0 aromatic carbocycles. The Morgan fingerprint density at radius 3 is 2.87 bits per heavy atom. The fourth-order valence-electron chi connectivity index (χ4n) is 2.93. The summed E-state index contributed by atoms with van der Waals surface area (Å²) in [6.07, 6.45) is 7.32. The van der Waals surface area contributed by atoms with Crippen molar-refractivity contribution in [2.75, 3.05) is 40.8 Å². The highest BCUT2D eigenvalue weighted by Crippen LogP contribution is 2.27. The zero-order chi connectivity index (χ0) is 16.8. The topological polar surface area (TPSA) is 65.8 Å². The number of carbonyl (C=O) groups excluding carboxylic acids is 1. The highest BCUT2D eigenvalue weighted by atomic mass is 16.2. The molecule has 7 heteroatoms. The van der Waals surface area contributed by atoms with Gasteiger partial charge in [0, 0.05) is 59.6 Å². The summed E-state index contributed by atoms with van der Waals surface area (Å²) in [6.45, 7) is 4.77. The van der Waals surface area contributed by atoms with E-state index in [4.69, 9.17) is 0 Å². The van der Waals surface area contributed by atoms with Gasteiger partial charge in [-0.15, -0.1) is 0 Å². The molecule has 1 aromatic heterocycles. The Morgan fingerprint density at radius 2 is 2.26 bits per heavy atom. The first kappa shape index (κ1) is 17.3. The zero-order valence-electron chi connectivity index (χ0n) is 14.6. The molecular formula is C16H28N6O. The molecule has 2 heterocycles. The minimum atomic E-state index is 0.122. The van der Waals surface area contributed by atoms with Crippen LogP contribution in [0.5, 0.6) is 0 Å². The summed E-state index contributed by atoms with van der Waals surface area (Å²) < 4.78 is 2.18. The van der Waals surface area contributed by atoms with E-state index in [0.29, 0.717) is 24.9 Å². The van der Waals surface area contributed by atoms with E-state index in [-0.39, 0.29) is 5.91 Å². The fraction of sp³-hybridized carbons (Fsp3) is 0.688. The Labute approximate surface area is 138 Å². The molecular weight excluding hydrogens is 292 g/mol. The molecule has 1 amide bonds. The molecule has 128 valence electrons. The average Bonchev–Trinajstić information content (AvgIpc) is 3.06. The highest BCUT2D eigenvalue weighted by Gasteiger charge is 2.28. The molecule has 0 radical (unpaired) electrons. The van der Waals surface area contributed by atoms with E-state index in [0.717, 1.165) is 25.5 Å². The number of guanidine groups is 1. The lowest BCUT2D eigenvalue weighted by molar-refractivity contribution is -0.128. The zero-order valence-corrected chi connectivity index (χ0v) is 14.6. The first-order chi connectivity index (χ1) is 11.0. The molecule has 0 spiro atoms. The van der Waals surface area contributed by atoms with Crippen LogP contribution in [0.1, 0.15) is 25.8 Å². The van der Waals surface area contributed by atoms with Crippen LogP contribution < -0.4 is 5.32 Å². The fourth-order valence-corrected chi connectivity index (χ4v) is 2.93. The summed E-state index contributed by atoms with van der Waals surface area (Å²) in [7, 11) is 5.35. The number of piperidine rings is 1.